The predicted octanol–water partition coefficient (Wildman–Crippen LogP) is 5.63. The van der Waals surface area contributed by atoms with E-state index in [4.69, 9.17) is 0 Å². The highest BCUT2D eigenvalue weighted by atomic mass is 16.2. The highest BCUT2D eigenvalue weighted by Crippen LogP contribution is 2.20. The van der Waals surface area contributed by atoms with Crippen molar-refractivity contribution < 1.29 is 9.59 Å². The minimum Gasteiger partial charge on any atom is -0.352 e. The Labute approximate surface area is 209 Å². The average molecular weight is 469 g/mol. The molecule has 35 heavy (non-hydrogen) atoms. The van der Waals surface area contributed by atoms with Gasteiger partial charge >= 0.3 is 0 Å². The van der Waals surface area contributed by atoms with Crippen molar-refractivity contribution in [1.82, 2.24) is 10.2 Å². The smallest absolute Gasteiger partial charge is 0.243 e. The number of rotatable bonds is 9. The number of benzene rings is 3. The summed E-state index contributed by atoms with van der Waals surface area (Å²) >= 11 is 0. The molecule has 2 amide bonds. The zero-order valence-corrected chi connectivity index (χ0v) is 20.7. The van der Waals surface area contributed by atoms with Gasteiger partial charge in [0.1, 0.15) is 6.04 Å². The van der Waals surface area contributed by atoms with Gasteiger partial charge in [-0.2, -0.15) is 0 Å². The van der Waals surface area contributed by atoms with Gasteiger partial charge in [-0.3, -0.25) is 9.59 Å². The molecule has 1 saturated carbocycles. The average Bonchev–Trinajstić information content (AvgIpc) is 2.88. The Bertz CT molecular complexity index is 1090. The van der Waals surface area contributed by atoms with Crippen LogP contribution >= 0.6 is 0 Å². The predicted molar refractivity (Wildman–Crippen MR) is 141 cm³/mol. The Balaban J connectivity index is 1.64. The number of hydrogen-bond acceptors (Lipinski definition) is 2. The van der Waals surface area contributed by atoms with Crippen LogP contribution in [0.2, 0.25) is 0 Å². The van der Waals surface area contributed by atoms with Gasteiger partial charge in [-0.1, -0.05) is 110 Å². The lowest BCUT2D eigenvalue weighted by molar-refractivity contribution is -0.141. The normalized spacial score (nSPS) is 14.8. The highest BCUT2D eigenvalue weighted by Gasteiger charge is 2.31. The topological polar surface area (TPSA) is 49.4 Å². The summed E-state index contributed by atoms with van der Waals surface area (Å²) in [6, 6.07) is 27.6. The van der Waals surface area contributed by atoms with E-state index < -0.39 is 6.04 Å². The van der Waals surface area contributed by atoms with Gasteiger partial charge in [0, 0.05) is 19.0 Å². The molecule has 0 heterocycles. The van der Waals surface area contributed by atoms with Crippen LogP contribution in [0.1, 0.15) is 54.4 Å². The van der Waals surface area contributed by atoms with Crippen molar-refractivity contribution in [2.45, 2.75) is 70.5 Å². The summed E-state index contributed by atoms with van der Waals surface area (Å²) in [6.07, 6.45) is 6.32. The maximum absolute atomic E-state index is 13.8. The molecule has 1 atom stereocenters. The van der Waals surface area contributed by atoms with Crippen molar-refractivity contribution in [3.05, 3.63) is 107 Å². The Morgan fingerprint density at radius 2 is 1.46 bits per heavy atom. The van der Waals surface area contributed by atoms with E-state index in [0.717, 1.165) is 47.9 Å². The van der Waals surface area contributed by atoms with Crippen molar-refractivity contribution in [3.63, 3.8) is 0 Å². The zero-order chi connectivity index (χ0) is 24.5. The number of hydrogen-bond donors (Lipinski definition) is 1. The van der Waals surface area contributed by atoms with Crippen molar-refractivity contribution in [2.24, 2.45) is 0 Å². The number of amides is 2. The van der Waals surface area contributed by atoms with E-state index in [2.05, 4.69) is 24.4 Å². The molecule has 0 spiro atoms. The number of aryl methyl sites for hydroxylation is 1. The number of carbonyl (C=O) groups is 2. The van der Waals surface area contributed by atoms with Crippen LogP contribution in [0.5, 0.6) is 0 Å². The molecule has 0 bridgehead atoms. The molecule has 4 heteroatoms. The Morgan fingerprint density at radius 1 is 0.829 bits per heavy atom. The molecule has 0 aromatic heterocycles. The van der Waals surface area contributed by atoms with Crippen molar-refractivity contribution in [1.29, 1.82) is 0 Å². The first kappa shape index (κ1) is 24.7. The van der Waals surface area contributed by atoms with Crippen LogP contribution < -0.4 is 5.32 Å². The quantitative estimate of drug-likeness (QED) is 0.443. The molecule has 0 saturated heterocycles. The number of nitrogens with one attached hydrogen (secondary N) is 1. The first-order valence-corrected chi connectivity index (χ1v) is 12.8. The molecule has 3 aromatic carbocycles. The Morgan fingerprint density at radius 3 is 2.11 bits per heavy atom. The summed E-state index contributed by atoms with van der Waals surface area (Å²) in [5.74, 6) is -0.0766. The van der Waals surface area contributed by atoms with E-state index in [1.165, 1.54) is 6.42 Å². The minimum absolute atomic E-state index is 0.0302. The third-order valence-corrected chi connectivity index (χ3v) is 6.86. The Hall–Kier alpha value is -3.40. The lowest BCUT2D eigenvalue weighted by Gasteiger charge is -2.33. The fraction of sp³-hybridized carbons (Fsp3) is 0.355. The SMILES string of the molecule is Cc1cccc(CN(C(=O)Cc2ccccc2)[C@@H](Cc2ccccc2)C(=O)NC2CCCCC2)c1. The van der Waals surface area contributed by atoms with E-state index in [1.807, 2.05) is 72.8 Å². The summed E-state index contributed by atoms with van der Waals surface area (Å²) in [7, 11) is 0. The molecule has 0 unspecified atom stereocenters. The van der Waals surface area contributed by atoms with Gasteiger partial charge in [0.15, 0.2) is 0 Å². The second-order valence-electron chi connectivity index (χ2n) is 9.72. The molecule has 4 nitrogen and oxygen atoms in total. The molecule has 1 fully saturated rings. The second-order valence-corrected chi connectivity index (χ2v) is 9.72. The van der Waals surface area contributed by atoms with Gasteiger partial charge in [0.25, 0.3) is 0 Å². The molecule has 0 aliphatic heterocycles. The standard InChI is InChI=1S/C31H36N2O2/c1-24-12-11-17-27(20-24)23-33(30(34)22-26-15-7-3-8-16-26)29(21-25-13-5-2-6-14-25)31(35)32-28-18-9-4-10-19-28/h2-3,5-8,11-17,20,28-29H,4,9-10,18-19,21-23H2,1H3,(H,32,35)/t29-/m0/s1. The van der Waals surface area contributed by atoms with Crippen molar-refractivity contribution in [3.8, 4) is 0 Å². The molecule has 1 aliphatic carbocycles. The van der Waals surface area contributed by atoms with E-state index in [1.54, 1.807) is 4.90 Å². The monoisotopic (exact) mass is 468 g/mol. The molecular weight excluding hydrogens is 432 g/mol. The molecule has 0 radical (unpaired) electrons. The van der Waals surface area contributed by atoms with E-state index >= 15 is 0 Å². The van der Waals surface area contributed by atoms with Crippen LogP contribution in [0.25, 0.3) is 0 Å². The minimum atomic E-state index is -0.573. The number of nitrogens with zero attached hydrogens (tertiary/aromatic N) is 1. The third kappa shape index (κ3) is 7.29. The first-order chi connectivity index (χ1) is 17.1. The fourth-order valence-electron chi connectivity index (χ4n) is 4.98. The van der Waals surface area contributed by atoms with E-state index in [9.17, 15) is 9.59 Å². The summed E-state index contributed by atoms with van der Waals surface area (Å²) in [5.41, 5.74) is 4.19. The lowest BCUT2D eigenvalue weighted by Crippen LogP contribution is -2.53. The largest absolute Gasteiger partial charge is 0.352 e. The maximum Gasteiger partial charge on any atom is 0.243 e. The third-order valence-electron chi connectivity index (χ3n) is 6.86. The van der Waals surface area contributed by atoms with Gasteiger partial charge < -0.3 is 10.2 Å². The van der Waals surface area contributed by atoms with Gasteiger partial charge in [-0.25, -0.2) is 0 Å². The number of carbonyl (C=O) groups excluding carboxylic acids is 2. The maximum atomic E-state index is 13.8. The van der Waals surface area contributed by atoms with Crippen LogP contribution in [0.4, 0.5) is 0 Å². The van der Waals surface area contributed by atoms with Gasteiger partial charge in [-0.05, 0) is 36.5 Å². The fourth-order valence-corrected chi connectivity index (χ4v) is 4.98. The lowest BCUT2D eigenvalue weighted by atomic mass is 9.94. The van der Waals surface area contributed by atoms with Gasteiger partial charge in [-0.15, -0.1) is 0 Å². The summed E-state index contributed by atoms with van der Waals surface area (Å²) in [6.45, 7) is 2.46. The second kappa shape index (κ2) is 12.3. The zero-order valence-electron chi connectivity index (χ0n) is 20.7. The van der Waals surface area contributed by atoms with E-state index in [-0.39, 0.29) is 24.3 Å². The molecule has 182 valence electrons. The molecule has 1 N–H and O–H groups in total. The van der Waals surface area contributed by atoms with Gasteiger partial charge in [0.2, 0.25) is 11.8 Å². The highest BCUT2D eigenvalue weighted by molar-refractivity contribution is 5.89. The van der Waals surface area contributed by atoms with Crippen molar-refractivity contribution >= 4 is 11.8 Å². The van der Waals surface area contributed by atoms with Gasteiger partial charge in [0.05, 0.1) is 6.42 Å². The molecular formula is C31H36N2O2. The molecule has 1 aliphatic rings. The van der Waals surface area contributed by atoms with Crippen LogP contribution in [0, 0.1) is 6.92 Å². The van der Waals surface area contributed by atoms with Crippen LogP contribution in [-0.2, 0) is 29.0 Å². The van der Waals surface area contributed by atoms with Crippen LogP contribution in [-0.4, -0.2) is 28.8 Å². The van der Waals surface area contributed by atoms with Crippen LogP contribution in [0.3, 0.4) is 0 Å². The molecule has 3 aromatic rings. The van der Waals surface area contributed by atoms with Crippen molar-refractivity contribution in [2.75, 3.05) is 0 Å². The summed E-state index contributed by atoms with van der Waals surface area (Å²) < 4.78 is 0. The van der Waals surface area contributed by atoms with Crippen LogP contribution in [0.15, 0.2) is 84.9 Å². The summed E-state index contributed by atoms with van der Waals surface area (Å²) in [4.78, 5) is 29.3. The summed E-state index contributed by atoms with van der Waals surface area (Å²) in [5, 5.41) is 3.30. The Kier molecular flexibility index (Phi) is 8.72. The van der Waals surface area contributed by atoms with E-state index in [0.29, 0.717) is 13.0 Å². The first-order valence-electron chi connectivity index (χ1n) is 12.8. The molecule has 4 rings (SSSR count).